The molecule has 0 saturated carbocycles. The van der Waals surface area contributed by atoms with Crippen molar-refractivity contribution in [1.82, 2.24) is 0 Å². The van der Waals surface area contributed by atoms with Gasteiger partial charge in [0.15, 0.2) is 0 Å². The van der Waals surface area contributed by atoms with Crippen molar-refractivity contribution in [2.45, 2.75) is 26.3 Å². The number of hydrogen-bond donors (Lipinski definition) is 1. The fourth-order valence-electron chi connectivity index (χ4n) is 0. The summed E-state index contributed by atoms with van der Waals surface area (Å²) in [6.07, 6.45) is 0. The van der Waals surface area contributed by atoms with Gasteiger partial charge in [-0.1, -0.05) is 0 Å². The third kappa shape index (κ3) is 101. The van der Waals surface area contributed by atoms with Crippen LogP contribution in [0.15, 0.2) is 0 Å². The van der Waals surface area contributed by atoms with Gasteiger partial charge in [0.05, 0.1) is 0 Å². The minimum atomic E-state index is 0. The van der Waals surface area contributed by atoms with Crippen LogP contribution in [0.2, 0.25) is 0 Å². The van der Waals surface area contributed by atoms with Crippen molar-refractivity contribution in [3.8, 4) is 0 Å². The molecule has 0 aliphatic heterocycles. The topological polar surface area (TPSA) is 26.0 Å². The van der Waals surface area contributed by atoms with E-state index in [4.69, 9.17) is 5.73 Å². The Labute approximate surface area is 58.4 Å². The van der Waals surface area contributed by atoms with Crippen LogP contribution in [0, 0.1) is 0 Å². The first kappa shape index (κ1) is 9.96. The van der Waals surface area contributed by atoms with Gasteiger partial charge < -0.3 is 5.73 Å². The van der Waals surface area contributed by atoms with E-state index in [1.165, 1.54) is 0 Å². The summed E-state index contributed by atoms with van der Waals surface area (Å²) >= 11 is 0. The molecule has 2 heteroatoms. The quantitative estimate of drug-likeness (QED) is 0.561. The largest absolute Gasteiger partial charge is 0.326 e. The maximum atomic E-state index is 5.35. The Morgan fingerprint density at radius 3 is 1.17 bits per heavy atom. The van der Waals surface area contributed by atoms with Gasteiger partial charge in [0.1, 0.15) is 0 Å². The van der Waals surface area contributed by atoms with Crippen molar-refractivity contribution in [3.05, 3.63) is 0 Å². The Kier molecular flexibility index (Phi) is 4.86. The maximum Gasteiger partial charge on any atom is 0.00686 e. The molecule has 0 aliphatic rings. The van der Waals surface area contributed by atoms with Crippen LogP contribution >= 0.6 is 0 Å². The fourth-order valence-corrected chi connectivity index (χ4v) is 0. The number of hydrogen-bond acceptors (Lipinski definition) is 1. The first-order valence-corrected chi connectivity index (χ1v) is 1.79. The van der Waals surface area contributed by atoms with E-state index in [2.05, 4.69) is 0 Å². The maximum absolute atomic E-state index is 5.35. The first-order chi connectivity index (χ1) is 2.00. The van der Waals surface area contributed by atoms with E-state index in [0.717, 1.165) is 0 Å². The van der Waals surface area contributed by atoms with Crippen molar-refractivity contribution in [3.63, 3.8) is 0 Å². The van der Waals surface area contributed by atoms with Crippen LogP contribution in [0.3, 0.4) is 0 Å². The van der Waals surface area contributed by atoms with Gasteiger partial charge in [-0.15, -0.1) is 0 Å². The molecule has 0 aromatic heterocycles. The minimum Gasteiger partial charge on any atom is -0.326 e. The summed E-state index contributed by atoms with van der Waals surface area (Å²) in [7, 11) is 0. The average molecular weight is 164 g/mol. The van der Waals surface area contributed by atoms with Gasteiger partial charge in [-0.25, -0.2) is 0 Å². The zero-order valence-corrected chi connectivity index (χ0v) is 7.04. The van der Waals surface area contributed by atoms with E-state index in [1.807, 2.05) is 20.8 Å². The Hall–Kier alpha value is 0.843. The summed E-state index contributed by atoms with van der Waals surface area (Å²) in [5, 5.41) is 0. The van der Waals surface area contributed by atoms with Gasteiger partial charge in [-0.3, -0.25) is 0 Å². The zero-order chi connectivity index (χ0) is 4.50. The molecular formula is C4H11NZr. The molecule has 36 valence electrons. The van der Waals surface area contributed by atoms with Crippen molar-refractivity contribution in [2.24, 2.45) is 5.73 Å². The molecule has 0 spiro atoms. The van der Waals surface area contributed by atoms with E-state index in [-0.39, 0.29) is 31.7 Å². The molecule has 0 aromatic carbocycles. The van der Waals surface area contributed by atoms with Gasteiger partial charge in [0, 0.05) is 31.7 Å². The molecule has 0 radical (unpaired) electrons. The number of nitrogens with two attached hydrogens (primary N) is 1. The second kappa shape index (κ2) is 2.93. The molecule has 1 nitrogen and oxygen atoms in total. The molecule has 6 heavy (non-hydrogen) atoms. The molecular weight excluding hydrogens is 153 g/mol. The Bertz CT molecular complexity index is 23.0. The SMILES string of the molecule is CC(C)(C)N.[Zr]. The summed E-state index contributed by atoms with van der Waals surface area (Å²) in [6, 6.07) is 0. The summed E-state index contributed by atoms with van der Waals surface area (Å²) in [5.41, 5.74) is 5.35. The van der Waals surface area contributed by atoms with E-state index in [0.29, 0.717) is 0 Å². The first-order valence-electron chi connectivity index (χ1n) is 1.79. The predicted octanol–water partition coefficient (Wildman–Crippen LogP) is 0.741. The molecule has 0 fully saturated rings. The molecule has 0 heterocycles. The summed E-state index contributed by atoms with van der Waals surface area (Å²) < 4.78 is 0. The fraction of sp³-hybridized carbons (Fsp3) is 1.00. The van der Waals surface area contributed by atoms with Gasteiger partial charge in [-0.2, -0.15) is 0 Å². The number of rotatable bonds is 0. The molecule has 0 saturated heterocycles. The van der Waals surface area contributed by atoms with Crippen molar-refractivity contribution in [1.29, 1.82) is 0 Å². The van der Waals surface area contributed by atoms with E-state index >= 15 is 0 Å². The van der Waals surface area contributed by atoms with Crippen molar-refractivity contribution in [2.75, 3.05) is 0 Å². The second-order valence-electron chi connectivity index (χ2n) is 2.37. The zero-order valence-electron chi connectivity index (χ0n) is 4.58. The normalized spacial score (nSPS) is 10.0. The summed E-state index contributed by atoms with van der Waals surface area (Å²) in [4.78, 5) is 0. The van der Waals surface area contributed by atoms with Crippen molar-refractivity contribution >= 4 is 0 Å². The van der Waals surface area contributed by atoms with Crippen LogP contribution in [-0.4, -0.2) is 5.54 Å². The average Bonchev–Trinajstić information content (AvgIpc) is 0.722. The molecule has 2 N–H and O–H groups in total. The second-order valence-corrected chi connectivity index (χ2v) is 2.37. The Morgan fingerprint density at radius 2 is 1.17 bits per heavy atom. The Morgan fingerprint density at radius 1 is 1.17 bits per heavy atom. The van der Waals surface area contributed by atoms with Crippen LogP contribution in [0.25, 0.3) is 0 Å². The minimum absolute atomic E-state index is 0. The molecule has 0 atom stereocenters. The summed E-state index contributed by atoms with van der Waals surface area (Å²) in [5.74, 6) is 0. The monoisotopic (exact) mass is 163 g/mol. The molecule has 0 aliphatic carbocycles. The van der Waals surface area contributed by atoms with Crippen LogP contribution in [0.5, 0.6) is 0 Å². The third-order valence-electron chi connectivity index (χ3n) is 0. The molecule has 0 rings (SSSR count). The van der Waals surface area contributed by atoms with Gasteiger partial charge in [0.2, 0.25) is 0 Å². The van der Waals surface area contributed by atoms with Gasteiger partial charge in [-0.05, 0) is 20.8 Å². The van der Waals surface area contributed by atoms with E-state index in [9.17, 15) is 0 Å². The smallest absolute Gasteiger partial charge is 0.00686 e. The van der Waals surface area contributed by atoms with Gasteiger partial charge >= 0.3 is 0 Å². The molecule has 0 amide bonds. The molecule has 0 aromatic rings. The molecule has 0 bridgehead atoms. The predicted molar refractivity (Wildman–Crippen MR) is 23.9 cm³/mol. The van der Waals surface area contributed by atoms with Crippen molar-refractivity contribution < 1.29 is 26.2 Å². The standard InChI is InChI=1S/C4H11N.Zr/c1-4(2,3)5;/h5H2,1-3H3;. The van der Waals surface area contributed by atoms with Crippen LogP contribution in [0.4, 0.5) is 0 Å². The van der Waals surface area contributed by atoms with Gasteiger partial charge in [0.25, 0.3) is 0 Å². The Balaban J connectivity index is 0. The van der Waals surface area contributed by atoms with Crippen LogP contribution in [-0.2, 0) is 26.2 Å². The summed E-state index contributed by atoms with van der Waals surface area (Å²) in [6.45, 7) is 5.90. The van der Waals surface area contributed by atoms with Crippen LogP contribution < -0.4 is 5.73 Å². The molecule has 0 unspecified atom stereocenters. The van der Waals surface area contributed by atoms with Crippen LogP contribution in [0.1, 0.15) is 20.8 Å². The van der Waals surface area contributed by atoms with E-state index < -0.39 is 0 Å². The van der Waals surface area contributed by atoms with E-state index in [1.54, 1.807) is 0 Å². The third-order valence-corrected chi connectivity index (χ3v) is 0.